The van der Waals surface area contributed by atoms with Crippen molar-refractivity contribution in [3.05, 3.63) is 40.9 Å². The highest BCUT2D eigenvalue weighted by Gasteiger charge is 2.11. The van der Waals surface area contributed by atoms with Gasteiger partial charge in [0.15, 0.2) is 10.8 Å². The van der Waals surface area contributed by atoms with Crippen molar-refractivity contribution in [2.75, 3.05) is 12.8 Å². The third-order valence-electron chi connectivity index (χ3n) is 2.24. The van der Waals surface area contributed by atoms with Gasteiger partial charge in [-0.15, -0.1) is 11.3 Å². The summed E-state index contributed by atoms with van der Waals surface area (Å²) in [6.07, 6.45) is 0. The van der Waals surface area contributed by atoms with Gasteiger partial charge in [-0.3, -0.25) is 0 Å². The molecule has 0 amide bonds. The number of carbonyl (C=O) groups is 1. The number of carbonyl (C=O) groups excluding carboxylic acids is 1. The summed E-state index contributed by atoms with van der Waals surface area (Å²) >= 11 is 1.21. The molecule has 18 heavy (non-hydrogen) atoms. The Kier molecular flexibility index (Phi) is 3.78. The molecule has 0 spiro atoms. The first-order chi connectivity index (χ1) is 8.69. The van der Waals surface area contributed by atoms with E-state index >= 15 is 0 Å². The highest BCUT2D eigenvalue weighted by molar-refractivity contribution is 7.13. The number of anilines is 1. The zero-order chi connectivity index (χ0) is 13.0. The van der Waals surface area contributed by atoms with Crippen LogP contribution in [0.5, 0.6) is 5.75 Å². The van der Waals surface area contributed by atoms with Crippen LogP contribution in [0.3, 0.4) is 0 Å². The van der Waals surface area contributed by atoms with Gasteiger partial charge in [0.25, 0.3) is 0 Å². The van der Waals surface area contributed by atoms with Crippen molar-refractivity contribution < 1.29 is 14.3 Å². The third kappa shape index (κ3) is 2.98. The topological polar surface area (TPSA) is 74.4 Å². The van der Waals surface area contributed by atoms with Crippen LogP contribution in [-0.4, -0.2) is 18.1 Å². The number of nitrogens with zero attached hydrogens (tertiary/aromatic N) is 1. The van der Waals surface area contributed by atoms with E-state index < -0.39 is 5.97 Å². The molecule has 0 aliphatic heterocycles. The second-order valence-corrected chi connectivity index (χ2v) is 4.39. The van der Waals surface area contributed by atoms with Gasteiger partial charge in [-0.05, 0) is 17.7 Å². The molecular weight excluding hydrogens is 252 g/mol. The molecule has 6 heteroatoms. The molecule has 1 aromatic heterocycles. The lowest BCUT2D eigenvalue weighted by Crippen LogP contribution is -2.06. The smallest absolute Gasteiger partial charge is 0.358 e. The summed E-state index contributed by atoms with van der Waals surface area (Å²) in [7, 11) is 1.59. The van der Waals surface area contributed by atoms with E-state index in [1.54, 1.807) is 12.5 Å². The molecule has 0 saturated carbocycles. The van der Waals surface area contributed by atoms with E-state index in [0.29, 0.717) is 5.13 Å². The van der Waals surface area contributed by atoms with Crippen LogP contribution in [-0.2, 0) is 11.3 Å². The van der Waals surface area contributed by atoms with E-state index in [1.807, 2.05) is 24.3 Å². The summed E-state index contributed by atoms with van der Waals surface area (Å²) in [6, 6.07) is 7.32. The van der Waals surface area contributed by atoms with Crippen LogP contribution >= 0.6 is 11.3 Å². The standard InChI is InChI=1S/C12H12N2O3S/c1-16-9-4-2-3-8(5-9)6-17-11(15)10-7-18-12(13)14-10/h2-5,7H,6H2,1H3,(H2,13,14). The maximum Gasteiger partial charge on any atom is 0.358 e. The van der Waals surface area contributed by atoms with Crippen LogP contribution in [0.1, 0.15) is 16.1 Å². The first-order valence-electron chi connectivity index (χ1n) is 5.20. The predicted molar refractivity (Wildman–Crippen MR) is 68.6 cm³/mol. The number of benzene rings is 1. The number of aromatic nitrogens is 1. The fourth-order valence-electron chi connectivity index (χ4n) is 1.37. The van der Waals surface area contributed by atoms with Crippen LogP contribution in [0.25, 0.3) is 0 Å². The number of nitrogen functional groups attached to an aromatic ring is 1. The van der Waals surface area contributed by atoms with Gasteiger partial charge in [-0.2, -0.15) is 0 Å². The van der Waals surface area contributed by atoms with Crippen molar-refractivity contribution in [3.63, 3.8) is 0 Å². The Morgan fingerprint density at radius 2 is 2.33 bits per heavy atom. The van der Waals surface area contributed by atoms with Crippen molar-refractivity contribution in [2.24, 2.45) is 0 Å². The van der Waals surface area contributed by atoms with Crippen molar-refractivity contribution in [1.29, 1.82) is 0 Å². The molecule has 0 atom stereocenters. The molecule has 0 radical (unpaired) electrons. The first kappa shape index (κ1) is 12.4. The van der Waals surface area contributed by atoms with Gasteiger partial charge in [0.05, 0.1) is 7.11 Å². The molecule has 0 saturated heterocycles. The van der Waals surface area contributed by atoms with E-state index in [1.165, 1.54) is 11.3 Å². The highest BCUT2D eigenvalue weighted by atomic mass is 32.1. The van der Waals surface area contributed by atoms with Gasteiger partial charge in [-0.25, -0.2) is 9.78 Å². The number of hydrogen-bond donors (Lipinski definition) is 1. The fourth-order valence-corrected chi connectivity index (χ4v) is 1.90. The summed E-state index contributed by atoms with van der Waals surface area (Å²) in [6.45, 7) is 0.174. The van der Waals surface area contributed by atoms with Crippen molar-refractivity contribution in [1.82, 2.24) is 4.98 Å². The Labute approximate surface area is 108 Å². The van der Waals surface area contributed by atoms with Crippen LogP contribution in [0, 0.1) is 0 Å². The van der Waals surface area contributed by atoms with Crippen LogP contribution in [0.15, 0.2) is 29.6 Å². The van der Waals surface area contributed by atoms with E-state index in [0.717, 1.165) is 11.3 Å². The Balaban J connectivity index is 1.97. The summed E-state index contributed by atoms with van der Waals surface area (Å²) in [5.74, 6) is 0.243. The fraction of sp³-hybridized carbons (Fsp3) is 0.167. The Morgan fingerprint density at radius 1 is 1.50 bits per heavy atom. The summed E-state index contributed by atoms with van der Waals surface area (Å²) in [4.78, 5) is 15.5. The molecule has 1 heterocycles. The first-order valence-corrected chi connectivity index (χ1v) is 6.08. The molecule has 2 aromatic rings. The average Bonchev–Trinajstić information content (AvgIpc) is 2.83. The van der Waals surface area contributed by atoms with Crippen LogP contribution in [0.4, 0.5) is 5.13 Å². The number of rotatable bonds is 4. The molecule has 2 rings (SSSR count). The number of ether oxygens (including phenoxy) is 2. The largest absolute Gasteiger partial charge is 0.497 e. The number of nitrogens with two attached hydrogens (primary N) is 1. The number of thiazole rings is 1. The van der Waals surface area contributed by atoms with E-state index in [-0.39, 0.29) is 12.3 Å². The normalized spacial score (nSPS) is 10.1. The lowest BCUT2D eigenvalue weighted by molar-refractivity contribution is 0.0466. The molecule has 94 valence electrons. The minimum atomic E-state index is -0.481. The minimum absolute atomic E-state index is 0.174. The monoisotopic (exact) mass is 264 g/mol. The zero-order valence-corrected chi connectivity index (χ0v) is 10.6. The van der Waals surface area contributed by atoms with Gasteiger partial charge in [0, 0.05) is 5.38 Å². The molecule has 2 N–H and O–H groups in total. The van der Waals surface area contributed by atoms with Gasteiger partial charge < -0.3 is 15.2 Å². The Hall–Kier alpha value is -2.08. The van der Waals surface area contributed by atoms with Crippen LogP contribution in [0.2, 0.25) is 0 Å². The maximum absolute atomic E-state index is 11.6. The molecule has 1 aromatic carbocycles. The molecular formula is C12H12N2O3S. The van der Waals surface area contributed by atoms with Gasteiger partial charge in [0.2, 0.25) is 0 Å². The molecule has 0 aliphatic rings. The SMILES string of the molecule is COc1cccc(COC(=O)c2csc(N)n2)c1. The number of methoxy groups -OCH3 is 1. The summed E-state index contributed by atoms with van der Waals surface area (Å²) < 4.78 is 10.2. The van der Waals surface area contributed by atoms with E-state index in [4.69, 9.17) is 15.2 Å². The third-order valence-corrected chi connectivity index (χ3v) is 2.91. The maximum atomic E-state index is 11.6. The van der Waals surface area contributed by atoms with E-state index in [9.17, 15) is 4.79 Å². The minimum Gasteiger partial charge on any atom is -0.497 e. The summed E-state index contributed by atoms with van der Waals surface area (Å²) in [5.41, 5.74) is 6.53. The second-order valence-electron chi connectivity index (χ2n) is 3.50. The predicted octanol–water partition coefficient (Wildman–Crippen LogP) is 2.09. The lowest BCUT2D eigenvalue weighted by Gasteiger charge is -2.05. The molecule has 0 unspecified atom stereocenters. The van der Waals surface area contributed by atoms with Crippen LogP contribution < -0.4 is 10.5 Å². The lowest BCUT2D eigenvalue weighted by atomic mass is 10.2. The average molecular weight is 264 g/mol. The van der Waals surface area contributed by atoms with Crippen molar-refractivity contribution in [2.45, 2.75) is 6.61 Å². The molecule has 5 nitrogen and oxygen atoms in total. The molecule has 0 bridgehead atoms. The number of esters is 1. The van der Waals surface area contributed by atoms with Gasteiger partial charge in [0.1, 0.15) is 12.4 Å². The van der Waals surface area contributed by atoms with Gasteiger partial charge in [-0.1, -0.05) is 12.1 Å². The Bertz CT molecular complexity index is 554. The van der Waals surface area contributed by atoms with Crippen molar-refractivity contribution in [3.8, 4) is 5.75 Å². The second kappa shape index (κ2) is 5.50. The molecule has 0 fully saturated rings. The zero-order valence-electron chi connectivity index (χ0n) is 9.75. The number of hydrogen-bond acceptors (Lipinski definition) is 6. The quantitative estimate of drug-likeness (QED) is 0.856. The van der Waals surface area contributed by atoms with E-state index in [2.05, 4.69) is 4.98 Å². The van der Waals surface area contributed by atoms with Crippen molar-refractivity contribution >= 4 is 22.4 Å². The highest BCUT2D eigenvalue weighted by Crippen LogP contribution is 2.15. The Morgan fingerprint density at radius 3 is 3.00 bits per heavy atom. The van der Waals surface area contributed by atoms with Gasteiger partial charge >= 0.3 is 5.97 Å². The summed E-state index contributed by atoms with van der Waals surface area (Å²) in [5, 5.41) is 1.92. The molecule has 0 aliphatic carbocycles.